The summed E-state index contributed by atoms with van der Waals surface area (Å²) in [6.07, 6.45) is 1.02. The van der Waals surface area contributed by atoms with Gasteiger partial charge in [0.05, 0.1) is 4.90 Å². The molecular weight excluding hydrogens is 384 g/mol. The largest absolute Gasteiger partial charge is 0.301 e. The van der Waals surface area contributed by atoms with Crippen LogP contribution in [0.1, 0.15) is 45.6 Å². The fourth-order valence-corrected chi connectivity index (χ4v) is 5.93. The van der Waals surface area contributed by atoms with Crippen LogP contribution in [0.25, 0.3) is 0 Å². The van der Waals surface area contributed by atoms with Gasteiger partial charge >= 0.3 is 0 Å². The molecule has 3 rings (SSSR count). The molecule has 2 heterocycles. The Morgan fingerprint density at radius 3 is 2.14 bits per heavy atom. The molecule has 0 spiro atoms. The number of nitrogens with zero attached hydrogens (tertiary/aromatic N) is 4. The number of hydrogen-bond donors (Lipinski definition) is 0. The molecule has 0 bridgehead atoms. The molecule has 2 saturated heterocycles. The second kappa shape index (κ2) is 9.43. The quantitative estimate of drug-likeness (QED) is 0.676. The summed E-state index contributed by atoms with van der Waals surface area (Å²) in [7, 11) is -1.48. The van der Waals surface area contributed by atoms with Crippen LogP contribution in [0.2, 0.25) is 0 Å². The highest BCUT2D eigenvalue weighted by atomic mass is 32.2. The lowest BCUT2D eigenvalue weighted by molar-refractivity contribution is -0.00294. The molecule has 164 valence electrons. The van der Waals surface area contributed by atoms with Gasteiger partial charge in [0.1, 0.15) is 6.29 Å². The molecule has 1 aromatic rings. The van der Waals surface area contributed by atoms with Crippen LogP contribution in [0.3, 0.4) is 0 Å². The van der Waals surface area contributed by atoms with E-state index in [-0.39, 0.29) is 6.29 Å². The SMILES string of the molecule is CCC(C)CN1CCN(C2N(C)CCN2S(=O)(=O)c2ccc(C(C)C)cc2)CC1. The van der Waals surface area contributed by atoms with Gasteiger partial charge in [-0.25, -0.2) is 8.42 Å². The average Bonchev–Trinajstić information content (AvgIpc) is 3.10. The van der Waals surface area contributed by atoms with E-state index in [1.807, 2.05) is 19.2 Å². The van der Waals surface area contributed by atoms with Crippen LogP contribution < -0.4 is 0 Å². The minimum Gasteiger partial charge on any atom is -0.301 e. The molecule has 1 aromatic carbocycles. The second-order valence-electron chi connectivity index (χ2n) is 9.02. The topological polar surface area (TPSA) is 47.1 Å². The lowest BCUT2D eigenvalue weighted by atomic mass is 10.0. The third-order valence-corrected chi connectivity index (χ3v) is 8.34. The van der Waals surface area contributed by atoms with Crippen LogP contribution in [0.5, 0.6) is 0 Å². The first-order valence-electron chi connectivity index (χ1n) is 11.0. The van der Waals surface area contributed by atoms with Crippen LogP contribution in [-0.4, -0.2) is 86.6 Å². The summed E-state index contributed by atoms with van der Waals surface area (Å²) in [5, 5.41) is 0. The molecule has 0 aliphatic carbocycles. The Morgan fingerprint density at radius 1 is 0.966 bits per heavy atom. The zero-order valence-electron chi connectivity index (χ0n) is 18.7. The summed E-state index contributed by atoms with van der Waals surface area (Å²) < 4.78 is 28.5. The van der Waals surface area contributed by atoms with Crippen molar-refractivity contribution >= 4 is 10.0 Å². The van der Waals surface area contributed by atoms with E-state index in [4.69, 9.17) is 0 Å². The molecular formula is C22H38N4O2S. The van der Waals surface area contributed by atoms with Gasteiger partial charge in [-0.15, -0.1) is 0 Å². The lowest BCUT2D eigenvalue weighted by Gasteiger charge is -2.42. The number of likely N-dealkylation sites (N-methyl/N-ethyl adjacent to an activating group) is 1. The molecule has 2 atom stereocenters. The maximum Gasteiger partial charge on any atom is 0.245 e. The minimum atomic E-state index is -3.51. The standard InChI is InChI=1S/C22H38N4O2S/c1-6-19(4)17-24-12-14-25(15-13-24)22-23(5)11-16-26(22)29(27,28)21-9-7-20(8-10-21)18(2)3/h7-10,18-19,22H,6,11-17H2,1-5H3. The zero-order valence-corrected chi connectivity index (χ0v) is 19.5. The van der Waals surface area contributed by atoms with E-state index >= 15 is 0 Å². The van der Waals surface area contributed by atoms with Gasteiger partial charge in [0, 0.05) is 45.8 Å². The number of piperazine rings is 1. The monoisotopic (exact) mass is 422 g/mol. The molecule has 2 aliphatic rings. The fourth-order valence-electron chi connectivity index (χ4n) is 4.32. The number of benzene rings is 1. The molecule has 0 amide bonds. The fraction of sp³-hybridized carbons (Fsp3) is 0.727. The normalized spacial score (nSPS) is 24.4. The summed E-state index contributed by atoms with van der Waals surface area (Å²) in [6.45, 7) is 15.1. The van der Waals surface area contributed by atoms with Gasteiger partial charge in [0.2, 0.25) is 10.0 Å². The van der Waals surface area contributed by atoms with Crippen LogP contribution >= 0.6 is 0 Å². The second-order valence-corrected chi connectivity index (χ2v) is 10.9. The van der Waals surface area contributed by atoms with E-state index in [1.165, 1.54) is 6.42 Å². The summed E-state index contributed by atoms with van der Waals surface area (Å²) in [6, 6.07) is 7.42. The molecule has 2 aliphatic heterocycles. The molecule has 2 unspecified atom stereocenters. The molecule has 7 heteroatoms. The van der Waals surface area contributed by atoms with Crippen LogP contribution in [-0.2, 0) is 10.0 Å². The van der Waals surface area contributed by atoms with Crippen molar-refractivity contribution in [3.8, 4) is 0 Å². The minimum absolute atomic E-state index is 0.185. The van der Waals surface area contributed by atoms with Crippen LogP contribution in [0.15, 0.2) is 29.2 Å². The highest BCUT2D eigenvalue weighted by Crippen LogP contribution is 2.27. The van der Waals surface area contributed by atoms with Crippen molar-refractivity contribution in [2.24, 2.45) is 5.92 Å². The van der Waals surface area contributed by atoms with E-state index in [2.05, 4.69) is 42.4 Å². The number of rotatable bonds is 7. The number of hydrogen-bond acceptors (Lipinski definition) is 5. The molecule has 0 N–H and O–H groups in total. The van der Waals surface area contributed by atoms with Gasteiger partial charge in [-0.1, -0.05) is 46.2 Å². The van der Waals surface area contributed by atoms with Crippen molar-refractivity contribution < 1.29 is 8.42 Å². The van der Waals surface area contributed by atoms with Gasteiger partial charge in [-0.05, 0) is 36.6 Å². The Morgan fingerprint density at radius 2 is 1.59 bits per heavy atom. The third-order valence-electron chi connectivity index (χ3n) is 6.48. The van der Waals surface area contributed by atoms with E-state index in [0.29, 0.717) is 23.3 Å². The highest BCUT2D eigenvalue weighted by Gasteiger charge is 2.42. The predicted molar refractivity (Wildman–Crippen MR) is 118 cm³/mol. The van der Waals surface area contributed by atoms with E-state index in [0.717, 1.165) is 44.8 Å². The number of sulfonamides is 1. The smallest absolute Gasteiger partial charge is 0.245 e. The van der Waals surface area contributed by atoms with Gasteiger partial charge in [0.25, 0.3) is 0 Å². The Hall–Kier alpha value is -0.990. The summed E-state index contributed by atoms with van der Waals surface area (Å²) >= 11 is 0. The van der Waals surface area contributed by atoms with Gasteiger partial charge in [-0.3, -0.25) is 9.80 Å². The maximum atomic E-state index is 13.4. The summed E-state index contributed by atoms with van der Waals surface area (Å²) in [4.78, 5) is 7.42. The summed E-state index contributed by atoms with van der Waals surface area (Å²) in [5.41, 5.74) is 1.16. The van der Waals surface area contributed by atoms with Gasteiger partial charge in [0.15, 0.2) is 0 Å². The van der Waals surface area contributed by atoms with Crippen LogP contribution in [0, 0.1) is 5.92 Å². The highest BCUT2D eigenvalue weighted by molar-refractivity contribution is 7.89. The maximum absolute atomic E-state index is 13.4. The Bertz CT molecular complexity index is 758. The van der Waals surface area contributed by atoms with Crippen molar-refractivity contribution in [1.82, 2.24) is 19.0 Å². The third kappa shape index (κ3) is 5.02. The Kier molecular flexibility index (Phi) is 7.38. The van der Waals surface area contributed by atoms with Crippen molar-refractivity contribution in [3.63, 3.8) is 0 Å². The Balaban J connectivity index is 1.72. The summed E-state index contributed by atoms with van der Waals surface area (Å²) in [5.74, 6) is 1.10. The zero-order chi connectivity index (χ0) is 21.2. The lowest BCUT2D eigenvalue weighted by Crippen LogP contribution is -2.59. The molecule has 0 radical (unpaired) electrons. The first-order valence-corrected chi connectivity index (χ1v) is 12.5. The molecule has 29 heavy (non-hydrogen) atoms. The van der Waals surface area contributed by atoms with Gasteiger partial charge in [-0.2, -0.15) is 4.31 Å². The Labute approximate surface area is 177 Å². The van der Waals surface area contributed by atoms with Crippen LogP contribution in [0.4, 0.5) is 0 Å². The molecule has 6 nitrogen and oxygen atoms in total. The van der Waals surface area contributed by atoms with Crippen molar-refractivity contribution in [1.29, 1.82) is 0 Å². The van der Waals surface area contributed by atoms with Crippen molar-refractivity contribution in [2.45, 2.75) is 51.2 Å². The average molecular weight is 423 g/mol. The molecule has 2 fully saturated rings. The van der Waals surface area contributed by atoms with Crippen molar-refractivity contribution in [3.05, 3.63) is 29.8 Å². The first-order chi connectivity index (χ1) is 13.7. The van der Waals surface area contributed by atoms with Crippen molar-refractivity contribution in [2.75, 3.05) is 52.9 Å². The molecule has 0 saturated carbocycles. The predicted octanol–water partition coefficient (Wildman–Crippen LogP) is 2.69. The van der Waals surface area contributed by atoms with E-state index in [9.17, 15) is 8.42 Å². The van der Waals surface area contributed by atoms with E-state index in [1.54, 1.807) is 16.4 Å². The molecule has 0 aromatic heterocycles. The van der Waals surface area contributed by atoms with E-state index < -0.39 is 10.0 Å². The van der Waals surface area contributed by atoms with Gasteiger partial charge < -0.3 is 4.90 Å². The first kappa shape index (κ1) is 22.7.